The third kappa shape index (κ3) is 1.82. The highest BCUT2D eigenvalue weighted by atomic mass is 16.6. The number of rotatable bonds is 2. The van der Waals surface area contributed by atoms with Crippen LogP contribution in [0.25, 0.3) is 11.0 Å². The Kier molecular flexibility index (Phi) is 2.67. The van der Waals surface area contributed by atoms with Gasteiger partial charge < -0.3 is 4.74 Å². The van der Waals surface area contributed by atoms with Crippen LogP contribution in [0.5, 0.6) is 0 Å². The fourth-order valence-corrected chi connectivity index (χ4v) is 2.17. The van der Waals surface area contributed by atoms with E-state index in [0.717, 1.165) is 31.4 Å². The van der Waals surface area contributed by atoms with Crippen LogP contribution in [0.15, 0.2) is 18.2 Å². The van der Waals surface area contributed by atoms with E-state index >= 15 is 0 Å². The van der Waals surface area contributed by atoms with Gasteiger partial charge in [0.05, 0.1) is 10.4 Å². The second-order valence-electron chi connectivity index (χ2n) is 4.29. The normalized spacial score (nSPS) is 20.1. The number of aromatic nitrogens is 3. The average molecular weight is 248 g/mol. The quantitative estimate of drug-likeness (QED) is 0.599. The lowest BCUT2D eigenvalue weighted by Crippen LogP contribution is -2.19. The van der Waals surface area contributed by atoms with E-state index in [9.17, 15) is 10.1 Å². The molecule has 1 saturated heterocycles. The molecule has 2 heterocycles. The van der Waals surface area contributed by atoms with E-state index < -0.39 is 4.92 Å². The Hall–Kier alpha value is -2.02. The highest BCUT2D eigenvalue weighted by Crippen LogP contribution is 2.26. The van der Waals surface area contributed by atoms with Crippen molar-refractivity contribution in [3.05, 3.63) is 28.3 Å². The molecule has 1 aromatic heterocycles. The fraction of sp³-hybridized carbons (Fsp3) is 0.455. The van der Waals surface area contributed by atoms with Crippen LogP contribution in [0.2, 0.25) is 0 Å². The zero-order valence-electron chi connectivity index (χ0n) is 9.65. The molecule has 1 unspecified atom stereocenters. The molecule has 0 saturated carbocycles. The van der Waals surface area contributed by atoms with Crippen molar-refractivity contribution >= 4 is 16.7 Å². The second kappa shape index (κ2) is 4.34. The van der Waals surface area contributed by atoms with E-state index in [4.69, 9.17) is 4.74 Å². The lowest BCUT2D eigenvalue weighted by Gasteiger charge is -2.22. The predicted molar refractivity (Wildman–Crippen MR) is 63.0 cm³/mol. The summed E-state index contributed by atoms with van der Waals surface area (Å²) in [5.74, 6) is 0. The van der Waals surface area contributed by atoms with Crippen molar-refractivity contribution in [3.63, 3.8) is 0 Å². The Balaban J connectivity index is 2.01. The van der Waals surface area contributed by atoms with E-state index in [1.165, 1.54) is 12.1 Å². The number of nitro benzene ring substituents is 1. The minimum Gasteiger partial charge on any atom is -0.356 e. The highest BCUT2D eigenvalue weighted by Gasteiger charge is 2.20. The summed E-state index contributed by atoms with van der Waals surface area (Å²) >= 11 is 0. The molecule has 1 atom stereocenters. The van der Waals surface area contributed by atoms with Crippen molar-refractivity contribution in [2.45, 2.75) is 25.5 Å². The number of ether oxygens (including phenoxy) is 1. The van der Waals surface area contributed by atoms with Gasteiger partial charge in [0.2, 0.25) is 0 Å². The van der Waals surface area contributed by atoms with Crippen molar-refractivity contribution in [1.29, 1.82) is 0 Å². The van der Waals surface area contributed by atoms with Crippen LogP contribution in [-0.2, 0) is 4.74 Å². The van der Waals surface area contributed by atoms with E-state index in [0.29, 0.717) is 5.52 Å². The molecular formula is C11H12N4O3. The molecule has 0 aliphatic carbocycles. The van der Waals surface area contributed by atoms with Crippen molar-refractivity contribution in [3.8, 4) is 0 Å². The Labute approximate surface area is 102 Å². The molecule has 1 aliphatic heterocycles. The molecule has 1 aromatic carbocycles. The van der Waals surface area contributed by atoms with Gasteiger partial charge in [-0.3, -0.25) is 10.1 Å². The van der Waals surface area contributed by atoms with Crippen molar-refractivity contribution in [2.75, 3.05) is 6.61 Å². The van der Waals surface area contributed by atoms with Crippen molar-refractivity contribution < 1.29 is 9.66 Å². The molecule has 0 bridgehead atoms. The molecular weight excluding hydrogens is 236 g/mol. The zero-order chi connectivity index (χ0) is 12.5. The first-order valence-electron chi connectivity index (χ1n) is 5.86. The van der Waals surface area contributed by atoms with E-state index in [1.54, 1.807) is 10.7 Å². The van der Waals surface area contributed by atoms with Crippen molar-refractivity contribution in [1.82, 2.24) is 15.0 Å². The van der Waals surface area contributed by atoms with Gasteiger partial charge in [-0.2, -0.15) is 0 Å². The lowest BCUT2D eigenvalue weighted by molar-refractivity contribution is -0.384. The van der Waals surface area contributed by atoms with Gasteiger partial charge in [-0.25, -0.2) is 4.68 Å². The number of non-ortho nitro benzene ring substituents is 1. The maximum absolute atomic E-state index is 10.7. The first kappa shape index (κ1) is 11.1. The summed E-state index contributed by atoms with van der Waals surface area (Å²) in [7, 11) is 0. The first-order valence-corrected chi connectivity index (χ1v) is 5.86. The van der Waals surface area contributed by atoms with E-state index in [2.05, 4.69) is 10.3 Å². The minimum atomic E-state index is -0.435. The van der Waals surface area contributed by atoms with Crippen LogP contribution in [0.1, 0.15) is 25.5 Å². The monoisotopic (exact) mass is 248 g/mol. The maximum Gasteiger partial charge on any atom is 0.271 e. The highest BCUT2D eigenvalue weighted by molar-refractivity contribution is 5.77. The number of nitro groups is 1. The molecule has 0 amide bonds. The van der Waals surface area contributed by atoms with Gasteiger partial charge in [-0.15, -0.1) is 5.10 Å². The first-order chi connectivity index (χ1) is 8.75. The summed E-state index contributed by atoms with van der Waals surface area (Å²) < 4.78 is 7.34. The molecule has 94 valence electrons. The van der Waals surface area contributed by atoms with Gasteiger partial charge in [0.15, 0.2) is 6.23 Å². The number of hydrogen-bond donors (Lipinski definition) is 0. The summed E-state index contributed by atoms with van der Waals surface area (Å²) in [6.45, 7) is 0.721. The van der Waals surface area contributed by atoms with Crippen LogP contribution < -0.4 is 0 Å². The van der Waals surface area contributed by atoms with E-state index in [-0.39, 0.29) is 11.9 Å². The summed E-state index contributed by atoms with van der Waals surface area (Å²) in [5.41, 5.74) is 1.32. The van der Waals surface area contributed by atoms with Gasteiger partial charge in [0.1, 0.15) is 5.52 Å². The number of fused-ring (bicyclic) bond motifs is 1. The van der Waals surface area contributed by atoms with Crippen molar-refractivity contribution in [2.24, 2.45) is 0 Å². The largest absolute Gasteiger partial charge is 0.356 e. The lowest BCUT2D eigenvalue weighted by atomic mass is 10.2. The molecule has 7 nitrogen and oxygen atoms in total. The van der Waals surface area contributed by atoms with Crippen LogP contribution in [0, 0.1) is 10.1 Å². The summed E-state index contributed by atoms with van der Waals surface area (Å²) in [6.07, 6.45) is 2.95. The van der Waals surface area contributed by atoms with Gasteiger partial charge in [0, 0.05) is 18.7 Å². The number of nitrogens with zero attached hydrogens (tertiary/aromatic N) is 4. The Morgan fingerprint density at radius 1 is 1.44 bits per heavy atom. The Morgan fingerprint density at radius 2 is 2.33 bits per heavy atom. The third-order valence-electron chi connectivity index (χ3n) is 3.09. The Morgan fingerprint density at radius 3 is 3.06 bits per heavy atom. The van der Waals surface area contributed by atoms with Gasteiger partial charge in [-0.05, 0) is 25.3 Å². The second-order valence-corrected chi connectivity index (χ2v) is 4.29. The molecule has 3 rings (SSSR count). The number of benzene rings is 1. The summed E-state index contributed by atoms with van der Waals surface area (Å²) in [4.78, 5) is 10.2. The van der Waals surface area contributed by atoms with Gasteiger partial charge >= 0.3 is 0 Å². The predicted octanol–water partition coefficient (Wildman–Crippen LogP) is 2.04. The fourth-order valence-electron chi connectivity index (χ4n) is 2.17. The van der Waals surface area contributed by atoms with Gasteiger partial charge in [0.25, 0.3) is 5.69 Å². The van der Waals surface area contributed by atoms with Gasteiger partial charge in [-0.1, -0.05) is 5.21 Å². The van der Waals surface area contributed by atoms with E-state index in [1.807, 2.05) is 0 Å². The molecule has 0 spiro atoms. The Bertz CT molecular complexity index is 589. The molecule has 18 heavy (non-hydrogen) atoms. The smallest absolute Gasteiger partial charge is 0.271 e. The van der Waals surface area contributed by atoms with Crippen LogP contribution in [0.4, 0.5) is 5.69 Å². The molecule has 0 radical (unpaired) electrons. The van der Waals surface area contributed by atoms with Crippen LogP contribution in [0.3, 0.4) is 0 Å². The SMILES string of the molecule is O=[N+]([O-])c1ccc2c(c1)nnn2C1CCCCO1. The minimum absolute atomic E-state index is 0.0270. The topological polar surface area (TPSA) is 83.1 Å². The summed E-state index contributed by atoms with van der Waals surface area (Å²) in [6, 6.07) is 4.57. The molecule has 1 aliphatic rings. The molecule has 0 N–H and O–H groups in total. The molecule has 1 fully saturated rings. The third-order valence-corrected chi connectivity index (χ3v) is 3.09. The molecule has 2 aromatic rings. The maximum atomic E-state index is 10.7. The standard InChI is InChI=1S/C11H12N4O3/c16-15(17)8-4-5-10-9(7-8)12-13-14(10)11-3-1-2-6-18-11/h4-5,7,11H,1-3,6H2. The van der Waals surface area contributed by atoms with Crippen LogP contribution in [-0.4, -0.2) is 26.5 Å². The summed E-state index contributed by atoms with van der Waals surface area (Å²) in [5, 5.41) is 18.7. The number of hydrogen-bond acceptors (Lipinski definition) is 5. The van der Waals surface area contributed by atoms with Crippen LogP contribution >= 0.6 is 0 Å². The molecule has 7 heteroatoms. The zero-order valence-corrected chi connectivity index (χ0v) is 9.65. The average Bonchev–Trinajstić information content (AvgIpc) is 2.82.